The molecule has 11 heteroatoms. The van der Waals surface area contributed by atoms with Gasteiger partial charge in [-0.25, -0.2) is 18.2 Å². The van der Waals surface area contributed by atoms with Gasteiger partial charge in [-0.05, 0) is 68.7 Å². The molecule has 4 aromatic rings. The number of amides is 1. The second kappa shape index (κ2) is 13.7. The Bertz CT molecular complexity index is 1580. The van der Waals surface area contributed by atoms with Gasteiger partial charge in [0.25, 0.3) is 5.91 Å². The summed E-state index contributed by atoms with van der Waals surface area (Å²) in [6, 6.07) is 13.7. The van der Waals surface area contributed by atoms with Crippen molar-refractivity contribution in [3.63, 3.8) is 0 Å². The monoisotopic (exact) mass is 613 g/mol. The molecule has 0 spiro atoms. The zero-order valence-electron chi connectivity index (χ0n) is 23.7. The number of carbonyl (C=O) groups is 2. The van der Waals surface area contributed by atoms with Crippen molar-refractivity contribution in [1.82, 2.24) is 9.29 Å². The Balaban J connectivity index is 1.64. The lowest BCUT2D eigenvalue weighted by Crippen LogP contribution is -2.33. The van der Waals surface area contributed by atoms with Gasteiger partial charge < -0.3 is 10.1 Å². The summed E-state index contributed by atoms with van der Waals surface area (Å²) in [5, 5.41) is 4.11. The Kier molecular flexibility index (Phi) is 10.3. The first-order valence-corrected chi connectivity index (χ1v) is 16.9. The smallest absolute Gasteiger partial charge is 0.348 e. The number of thiazole rings is 1. The molecule has 0 saturated heterocycles. The van der Waals surface area contributed by atoms with E-state index >= 15 is 0 Å². The third-order valence-corrected chi connectivity index (χ3v) is 10.8. The predicted molar refractivity (Wildman–Crippen MR) is 167 cm³/mol. The molecule has 0 fully saturated rings. The van der Waals surface area contributed by atoms with Crippen molar-refractivity contribution < 1.29 is 22.7 Å². The van der Waals surface area contributed by atoms with E-state index in [-0.39, 0.29) is 11.5 Å². The molecule has 0 aliphatic rings. The van der Waals surface area contributed by atoms with Crippen LogP contribution >= 0.6 is 22.7 Å². The zero-order valence-corrected chi connectivity index (χ0v) is 26.2. The highest BCUT2D eigenvalue weighted by molar-refractivity contribution is 7.89. The predicted octanol–water partition coefficient (Wildman–Crippen LogP) is 7.35. The van der Waals surface area contributed by atoms with Gasteiger partial charge in [-0.3, -0.25) is 4.79 Å². The van der Waals surface area contributed by atoms with Crippen molar-refractivity contribution in [1.29, 1.82) is 0 Å². The molecule has 0 radical (unpaired) electrons. The Hall–Kier alpha value is -3.12. The molecular formula is C30H35N3O5S3. The molecule has 218 valence electrons. The fraction of sp³-hybridized carbons (Fsp3) is 0.367. The van der Waals surface area contributed by atoms with Gasteiger partial charge in [-0.1, -0.05) is 38.8 Å². The molecular weight excluding hydrogens is 579 g/mol. The highest BCUT2D eigenvalue weighted by Gasteiger charge is 2.27. The van der Waals surface area contributed by atoms with E-state index in [2.05, 4.69) is 5.32 Å². The summed E-state index contributed by atoms with van der Waals surface area (Å²) in [6.45, 7) is 8.80. The maximum atomic E-state index is 13.4. The molecule has 0 atom stereocenters. The van der Waals surface area contributed by atoms with Crippen LogP contribution < -0.4 is 5.32 Å². The Labute approximate surface area is 249 Å². The highest BCUT2D eigenvalue weighted by Crippen LogP contribution is 2.43. The van der Waals surface area contributed by atoms with Crippen molar-refractivity contribution in [3.05, 3.63) is 64.5 Å². The van der Waals surface area contributed by atoms with Crippen molar-refractivity contribution in [3.8, 4) is 10.6 Å². The van der Waals surface area contributed by atoms with Crippen LogP contribution in [0.1, 0.15) is 72.0 Å². The quantitative estimate of drug-likeness (QED) is 0.158. The first-order valence-electron chi connectivity index (χ1n) is 13.8. The van der Waals surface area contributed by atoms with Gasteiger partial charge in [0, 0.05) is 24.2 Å². The molecule has 4 rings (SSSR count). The van der Waals surface area contributed by atoms with E-state index in [1.54, 1.807) is 6.92 Å². The fourth-order valence-corrected chi connectivity index (χ4v) is 8.11. The minimum absolute atomic E-state index is 0.160. The van der Waals surface area contributed by atoms with Gasteiger partial charge >= 0.3 is 5.97 Å². The van der Waals surface area contributed by atoms with Crippen LogP contribution in [0, 0.1) is 6.92 Å². The molecule has 1 amide bonds. The summed E-state index contributed by atoms with van der Waals surface area (Å²) in [4.78, 5) is 31.4. The first-order chi connectivity index (χ1) is 19.7. The van der Waals surface area contributed by atoms with E-state index in [0.717, 1.165) is 47.2 Å². The van der Waals surface area contributed by atoms with Crippen LogP contribution in [0.3, 0.4) is 0 Å². The van der Waals surface area contributed by atoms with Crippen molar-refractivity contribution in [2.24, 2.45) is 0 Å². The molecule has 0 bridgehead atoms. The molecule has 2 aromatic heterocycles. The van der Waals surface area contributed by atoms with Crippen LogP contribution in [0.4, 0.5) is 5.00 Å². The number of hydrogen-bond donors (Lipinski definition) is 1. The third-order valence-electron chi connectivity index (χ3n) is 6.62. The van der Waals surface area contributed by atoms with Gasteiger partial charge in [0.1, 0.15) is 14.9 Å². The van der Waals surface area contributed by atoms with Crippen LogP contribution in [0.25, 0.3) is 20.8 Å². The standard InChI is InChI=1S/C30H35N3O5S3/c1-5-8-18-33(19-9-6-2)41(36,37)22-16-14-21(15-17-22)27(34)32-29-25(20(4)26(40-29)30(35)38-7-3)28-31-23-12-10-11-13-24(23)39-28/h10-17H,5-9,18-19H2,1-4H3,(H,32,34). The summed E-state index contributed by atoms with van der Waals surface area (Å²) in [7, 11) is -3.67. The lowest BCUT2D eigenvalue weighted by Gasteiger charge is -2.22. The average Bonchev–Trinajstić information content (AvgIpc) is 3.53. The number of benzene rings is 2. The van der Waals surface area contributed by atoms with Crippen LogP contribution in [0.15, 0.2) is 53.4 Å². The number of hydrogen-bond acceptors (Lipinski definition) is 8. The first kappa shape index (κ1) is 30.8. The van der Waals surface area contributed by atoms with Crippen molar-refractivity contribution >= 4 is 59.8 Å². The SMILES string of the molecule is CCCCN(CCCC)S(=O)(=O)c1ccc(C(=O)Nc2sc(C(=O)OCC)c(C)c2-c2nc3ccccc3s2)cc1. The van der Waals surface area contributed by atoms with Gasteiger partial charge in [-0.15, -0.1) is 22.7 Å². The summed E-state index contributed by atoms with van der Waals surface area (Å²) in [5.74, 6) is -0.870. The number of para-hydroxylation sites is 1. The number of esters is 1. The Morgan fingerprint density at radius 3 is 2.22 bits per heavy atom. The van der Waals surface area contributed by atoms with Crippen molar-refractivity contribution in [2.75, 3.05) is 25.0 Å². The maximum absolute atomic E-state index is 13.4. The summed E-state index contributed by atoms with van der Waals surface area (Å²) < 4.78 is 34.4. The molecule has 2 aromatic carbocycles. The highest BCUT2D eigenvalue weighted by atomic mass is 32.2. The second-order valence-corrected chi connectivity index (χ2v) is 13.5. The minimum atomic E-state index is -3.67. The van der Waals surface area contributed by atoms with E-state index < -0.39 is 21.9 Å². The number of thiophene rings is 1. The fourth-order valence-electron chi connectivity index (χ4n) is 4.35. The number of rotatable bonds is 13. The number of sulfonamides is 1. The number of nitrogens with zero attached hydrogens (tertiary/aromatic N) is 2. The summed E-state index contributed by atoms with van der Waals surface area (Å²) in [6.07, 6.45) is 3.37. The number of anilines is 1. The van der Waals surface area contributed by atoms with E-state index in [1.165, 1.54) is 39.9 Å². The largest absolute Gasteiger partial charge is 0.462 e. The maximum Gasteiger partial charge on any atom is 0.348 e. The molecule has 0 aliphatic carbocycles. The summed E-state index contributed by atoms with van der Waals surface area (Å²) >= 11 is 2.63. The van der Waals surface area contributed by atoms with E-state index in [0.29, 0.717) is 44.7 Å². The van der Waals surface area contributed by atoms with Gasteiger partial charge in [0.05, 0.1) is 21.7 Å². The van der Waals surface area contributed by atoms with Gasteiger partial charge in [-0.2, -0.15) is 4.31 Å². The van der Waals surface area contributed by atoms with Crippen molar-refractivity contribution in [2.45, 2.75) is 58.3 Å². The number of nitrogens with one attached hydrogen (secondary N) is 1. The summed E-state index contributed by atoms with van der Waals surface area (Å²) in [5.41, 5.74) is 2.49. The number of aromatic nitrogens is 1. The molecule has 0 aliphatic heterocycles. The molecule has 1 N–H and O–H groups in total. The van der Waals surface area contributed by atoms with E-state index in [9.17, 15) is 18.0 Å². The van der Waals surface area contributed by atoms with E-state index in [4.69, 9.17) is 9.72 Å². The Morgan fingerprint density at radius 2 is 1.61 bits per heavy atom. The van der Waals surface area contributed by atoms with E-state index in [1.807, 2.05) is 45.0 Å². The molecule has 2 heterocycles. The second-order valence-electron chi connectivity index (χ2n) is 9.56. The van der Waals surface area contributed by atoms with Crippen LogP contribution in [0.2, 0.25) is 0 Å². The molecule has 41 heavy (non-hydrogen) atoms. The molecule has 0 unspecified atom stereocenters. The minimum Gasteiger partial charge on any atom is -0.462 e. The molecule has 8 nitrogen and oxygen atoms in total. The third kappa shape index (κ3) is 6.86. The normalized spacial score (nSPS) is 11.7. The van der Waals surface area contributed by atoms with Gasteiger partial charge in [0.2, 0.25) is 10.0 Å². The number of carbonyl (C=O) groups excluding carboxylic acids is 2. The van der Waals surface area contributed by atoms with Gasteiger partial charge in [0.15, 0.2) is 0 Å². The topological polar surface area (TPSA) is 106 Å². The number of ether oxygens (including phenoxy) is 1. The van der Waals surface area contributed by atoms with Crippen LogP contribution in [-0.4, -0.2) is 49.3 Å². The van der Waals surface area contributed by atoms with Crippen LogP contribution in [0.5, 0.6) is 0 Å². The number of fused-ring (bicyclic) bond motifs is 1. The van der Waals surface area contributed by atoms with Crippen LogP contribution in [-0.2, 0) is 14.8 Å². The molecule has 0 saturated carbocycles. The Morgan fingerprint density at radius 1 is 0.951 bits per heavy atom. The average molecular weight is 614 g/mol. The number of unbranched alkanes of at least 4 members (excludes halogenated alkanes) is 2. The lowest BCUT2D eigenvalue weighted by atomic mass is 10.1. The lowest BCUT2D eigenvalue weighted by molar-refractivity contribution is 0.0531. The zero-order chi connectivity index (χ0) is 29.6.